The number of hydrogen-bond acceptors (Lipinski definition) is 4. The fourth-order valence-electron chi connectivity index (χ4n) is 3.04. The minimum Gasteiger partial charge on any atom is -0.383 e. The maximum Gasteiger partial charge on any atom is 0.222 e. The van der Waals surface area contributed by atoms with Gasteiger partial charge in [-0.05, 0) is 32.1 Å². The zero-order valence-corrected chi connectivity index (χ0v) is 11.7. The highest BCUT2D eigenvalue weighted by molar-refractivity contribution is 7.90. The Morgan fingerprint density at radius 2 is 2.00 bits per heavy atom. The first-order chi connectivity index (χ1) is 8.54. The summed E-state index contributed by atoms with van der Waals surface area (Å²) in [7, 11) is -1.66. The molecule has 6 heteroatoms. The SMILES string of the molecule is COCC1(S(=O)(=O)N2CCOC3(CCC3)C2)CC1. The van der Waals surface area contributed by atoms with E-state index in [-0.39, 0.29) is 5.60 Å². The molecule has 0 amide bonds. The van der Waals surface area contributed by atoms with Gasteiger partial charge in [0.2, 0.25) is 10.0 Å². The van der Waals surface area contributed by atoms with E-state index in [2.05, 4.69) is 0 Å². The number of ether oxygens (including phenoxy) is 2. The van der Waals surface area contributed by atoms with Crippen LogP contribution in [0.5, 0.6) is 0 Å². The molecule has 1 saturated heterocycles. The lowest BCUT2D eigenvalue weighted by atomic mass is 9.79. The highest BCUT2D eigenvalue weighted by atomic mass is 32.2. The van der Waals surface area contributed by atoms with Gasteiger partial charge in [0.25, 0.3) is 0 Å². The van der Waals surface area contributed by atoms with Gasteiger partial charge in [0.1, 0.15) is 4.75 Å². The second-order valence-corrected chi connectivity index (χ2v) is 8.17. The molecule has 3 fully saturated rings. The first-order valence-corrected chi connectivity index (χ1v) is 8.10. The molecule has 0 atom stereocenters. The largest absolute Gasteiger partial charge is 0.383 e. The van der Waals surface area contributed by atoms with E-state index in [1.807, 2.05) is 0 Å². The van der Waals surface area contributed by atoms with Crippen molar-refractivity contribution in [1.29, 1.82) is 0 Å². The van der Waals surface area contributed by atoms with Gasteiger partial charge in [-0.3, -0.25) is 0 Å². The number of sulfonamides is 1. The predicted molar refractivity (Wildman–Crippen MR) is 66.9 cm³/mol. The van der Waals surface area contributed by atoms with Crippen molar-refractivity contribution in [2.45, 2.75) is 42.5 Å². The molecule has 1 heterocycles. The van der Waals surface area contributed by atoms with Crippen LogP contribution in [-0.4, -0.2) is 56.5 Å². The van der Waals surface area contributed by atoms with E-state index < -0.39 is 14.8 Å². The number of methoxy groups -OCH3 is 1. The Morgan fingerprint density at radius 1 is 1.28 bits per heavy atom. The standard InChI is InChI=1S/C12H21NO4S/c1-16-10-12(5-6-12)18(14,15)13-7-8-17-11(9-13)3-2-4-11/h2-10H2,1H3. The zero-order valence-electron chi connectivity index (χ0n) is 10.9. The van der Waals surface area contributed by atoms with Crippen LogP contribution < -0.4 is 0 Å². The maximum atomic E-state index is 12.7. The van der Waals surface area contributed by atoms with Gasteiger partial charge in [-0.2, -0.15) is 4.31 Å². The topological polar surface area (TPSA) is 55.8 Å². The van der Waals surface area contributed by atoms with Crippen molar-refractivity contribution < 1.29 is 17.9 Å². The number of hydrogen-bond donors (Lipinski definition) is 0. The van der Waals surface area contributed by atoms with Crippen molar-refractivity contribution in [3.8, 4) is 0 Å². The minimum absolute atomic E-state index is 0.172. The molecular formula is C12H21NO4S. The minimum atomic E-state index is -3.23. The van der Waals surface area contributed by atoms with E-state index in [9.17, 15) is 8.42 Å². The summed E-state index contributed by atoms with van der Waals surface area (Å²) in [6, 6.07) is 0. The van der Waals surface area contributed by atoms with Crippen LogP contribution in [0.25, 0.3) is 0 Å². The fraction of sp³-hybridized carbons (Fsp3) is 1.00. The molecule has 0 N–H and O–H groups in total. The van der Waals surface area contributed by atoms with Gasteiger partial charge in [-0.15, -0.1) is 0 Å². The van der Waals surface area contributed by atoms with Crippen molar-refractivity contribution in [3.63, 3.8) is 0 Å². The molecule has 5 nitrogen and oxygen atoms in total. The Bertz CT molecular complexity index is 425. The Balaban J connectivity index is 1.77. The molecular weight excluding hydrogens is 254 g/mol. The molecule has 0 aromatic carbocycles. The summed E-state index contributed by atoms with van der Waals surface area (Å²) in [4.78, 5) is 0. The molecule has 3 rings (SSSR count). The third kappa shape index (κ3) is 1.81. The second kappa shape index (κ2) is 4.16. The summed E-state index contributed by atoms with van der Waals surface area (Å²) >= 11 is 0. The summed E-state index contributed by atoms with van der Waals surface area (Å²) in [6.07, 6.45) is 4.60. The Labute approximate surface area is 108 Å². The van der Waals surface area contributed by atoms with E-state index in [0.717, 1.165) is 32.1 Å². The highest BCUT2D eigenvalue weighted by Crippen LogP contribution is 2.47. The van der Waals surface area contributed by atoms with Crippen LogP contribution in [0.2, 0.25) is 0 Å². The van der Waals surface area contributed by atoms with Crippen molar-refractivity contribution >= 4 is 10.0 Å². The van der Waals surface area contributed by atoms with Crippen LogP contribution in [-0.2, 0) is 19.5 Å². The molecule has 0 aromatic rings. The quantitative estimate of drug-likeness (QED) is 0.760. The number of morpholine rings is 1. The van der Waals surface area contributed by atoms with Gasteiger partial charge in [-0.25, -0.2) is 8.42 Å². The molecule has 3 aliphatic rings. The highest BCUT2D eigenvalue weighted by Gasteiger charge is 2.58. The molecule has 2 saturated carbocycles. The Morgan fingerprint density at radius 3 is 2.50 bits per heavy atom. The van der Waals surface area contributed by atoms with E-state index in [1.165, 1.54) is 0 Å². The van der Waals surface area contributed by atoms with E-state index in [4.69, 9.17) is 9.47 Å². The molecule has 2 aliphatic carbocycles. The van der Waals surface area contributed by atoms with Crippen LogP contribution in [0, 0.1) is 0 Å². The molecule has 18 heavy (non-hydrogen) atoms. The first kappa shape index (κ1) is 12.8. The third-order valence-corrected chi connectivity index (χ3v) is 7.19. The number of rotatable bonds is 4. The van der Waals surface area contributed by atoms with E-state index in [0.29, 0.717) is 26.3 Å². The summed E-state index contributed by atoms with van der Waals surface area (Å²) in [5.74, 6) is 0. The summed E-state index contributed by atoms with van der Waals surface area (Å²) in [6.45, 7) is 1.89. The molecule has 1 spiro atoms. The summed E-state index contributed by atoms with van der Waals surface area (Å²) < 4.78 is 37.3. The van der Waals surface area contributed by atoms with Gasteiger partial charge in [-0.1, -0.05) is 0 Å². The number of nitrogens with zero attached hydrogens (tertiary/aromatic N) is 1. The molecule has 0 unspecified atom stereocenters. The lowest BCUT2D eigenvalue weighted by Crippen LogP contribution is -2.59. The lowest BCUT2D eigenvalue weighted by molar-refractivity contribution is -0.135. The van der Waals surface area contributed by atoms with Crippen LogP contribution >= 0.6 is 0 Å². The van der Waals surface area contributed by atoms with E-state index in [1.54, 1.807) is 11.4 Å². The first-order valence-electron chi connectivity index (χ1n) is 6.66. The third-order valence-electron chi connectivity index (χ3n) is 4.58. The van der Waals surface area contributed by atoms with E-state index >= 15 is 0 Å². The molecule has 0 radical (unpaired) electrons. The smallest absolute Gasteiger partial charge is 0.222 e. The average Bonchev–Trinajstić information content (AvgIpc) is 3.09. The van der Waals surface area contributed by atoms with Crippen molar-refractivity contribution in [2.75, 3.05) is 33.4 Å². The van der Waals surface area contributed by atoms with Gasteiger partial charge < -0.3 is 9.47 Å². The van der Waals surface area contributed by atoms with Gasteiger partial charge in [0, 0.05) is 20.2 Å². The summed E-state index contributed by atoms with van der Waals surface area (Å²) in [5.41, 5.74) is -0.172. The normalized spacial score (nSPS) is 30.1. The van der Waals surface area contributed by atoms with Crippen LogP contribution in [0.3, 0.4) is 0 Å². The van der Waals surface area contributed by atoms with Gasteiger partial charge >= 0.3 is 0 Å². The Hall–Kier alpha value is -0.170. The van der Waals surface area contributed by atoms with Crippen LogP contribution in [0.1, 0.15) is 32.1 Å². The fourth-order valence-corrected chi connectivity index (χ4v) is 5.19. The molecule has 0 bridgehead atoms. The predicted octanol–water partition coefficient (Wildman–Crippen LogP) is 0.750. The summed E-state index contributed by atoms with van der Waals surface area (Å²) in [5, 5.41) is 0. The van der Waals surface area contributed by atoms with Crippen molar-refractivity contribution in [3.05, 3.63) is 0 Å². The second-order valence-electron chi connectivity index (χ2n) is 5.84. The maximum absolute atomic E-state index is 12.7. The molecule has 0 aromatic heterocycles. The lowest BCUT2D eigenvalue weighted by Gasteiger charge is -2.48. The zero-order chi connectivity index (χ0) is 12.9. The van der Waals surface area contributed by atoms with Crippen LogP contribution in [0.15, 0.2) is 0 Å². The van der Waals surface area contributed by atoms with Gasteiger partial charge in [0.15, 0.2) is 0 Å². The van der Waals surface area contributed by atoms with Gasteiger partial charge in [0.05, 0.1) is 18.8 Å². The van der Waals surface area contributed by atoms with Crippen molar-refractivity contribution in [1.82, 2.24) is 4.31 Å². The average molecular weight is 275 g/mol. The van der Waals surface area contributed by atoms with Crippen molar-refractivity contribution in [2.24, 2.45) is 0 Å². The molecule has 104 valence electrons. The molecule has 1 aliphatic heterocycles. The monoisotopic (exact) mass is 275 g/mol. The Kier molecular flexibility index (Phi) is 2.97. The van der Waals surface area contributed by atoms with Crippen LogP contribution in [0.4, 0.5) is 0 Å².